The molecule has 0 aliphatic carbocycles. The van der Waals surface area contributed by atoms with Crippen molar-refractivity contribution < 1.29 is 4.74 Å². The van der Waals surface area contributed by atoms with Gasteiger partial charge in [0, 0.05) is 26.2 Å². The molecule has 0 aromatic heterocycles. The van der Waals surface area contributed by atoms with Crippen LogP contribution in [0.3, 0.4) is 0 Å². The maximum Gasteiger partial charge on any atom is 0.0626 e. The third-order valence-corrected chi connectivity index (χ3v) is 3.05. The van der Waals surface area contributed by atoms with Gasteiger partial charge in [-0.3, -0.25) is 0 Å². The molecule has 0 amide bonds. The summed E-state index contributed by atoms with van der Waals surface area (Å²) in [6, 6.07) is 0.176. The minimum absolute atomic E-state index is 0.176. The number of ether oxygens (including phenoxy) is 1. The number of likely N-dealkylation sites (tertiary alicyclic amines) is 1. The minimum Gasteiger partial charge on any atom is -0.383 e. The van der Waals surface area contributed by atoms with Gasteiger partial charge in [-0.25, -0.2) is 0 Å². The first-order valence-electron chi connectivity index (χ1n) is 5.73. The van der Waals surface area contributed by atoms with Crippen molar-refractivity contribution in [3.8, 4) is 0 Å². The molecule has 2 unspecified atom stereocenters. The average Bonchev–Trinajstić information content (AvgIpc) is 2.18. The van der Waals surface area contributed by atoms with Gasteiger partial charge in [-0.05, 0) is 25.3 Å². The lowest BCUT2D eigenvalue weighted by Crippen LogP contribution is -2.44. The van der Waals surface area contributed by atoms with E-state index >= 15 is 0 Å². The molecule has 14 heavy (non-hydrogen) atoms. The van der Waals surface area contributed by atoms with Crippen LogP contribution in [0.25, 0.3) is 0 Å². The van der Waals surface area contributed by atoms with Gasteiger partial charge in [0.15, 0.2) is 0 Å². The third-order valence-electron chi connectivity index (χ3n) is 3.05. The molecular formula is C11H24N2O. The van der Waals surface area contributed by atoms with Crippen LogP contribution in [0.15, 0.2) is 0 Å². The van der Waals surface area contributed by atoms with Crippen LogP contribution in [0.5, 0.6) is 0 Å². The highest BCUT2D eigenvalue weighted by Gasteiger charge is 2.19. The molecule has 1 fully saturated rings. The van der Waals surface area contributed by atoms with Crippen molar-refractivity contribution in [1.82, 2.24) is 4.90 Å². The molecule has 2 atom stereocenters. The van der Waals surface area contributed by atoms with E-state index < -0.39 is 0 Å². The molecule has 0 aromatic carbocycles. The van der Waals surface area contributed by atoms with Crippen LogP contribution in [0.1, 0.15) is 26.2 Å². The molecule has 1 aliphatic rings. The van der Waals surface area contributed by atoms with Gasteiger partial charge in [-0.1, -0.05) is 13.3 Å². The van der Waals surface area contributed by atoms with Gasteiger partial charge in [0.1, 0.15) is 0 Å². The Balaban J connectivity index is 2.22. The van der Waals surface area contributed by atoms with Crippen molar-refractivity contribution in [2.45, 2.75) is 32.2 Å². The fraction of sp³-hybridized carbons (Fsp3) is 1.00. The molecule has 1 saturated heterocycles. The van der Waals surface area contributed by atoms with E-state index in [-0.39, 0.29) is 6.04 Å². The minimum atomic E-state index is 0.176. The number of rotatable bonds is 5. The number of hydrogen-bond donors (Lipinski definition) is 1. The van der Waals surface area contributed by atoms with E-state index in [1.54, 1.807) is 7.11 Å². The van der Waals surface area contributed by atoms with E-state index in [1.165, 1.54) is 32.4 Å². The molecule has 1 heterocycles. The normalized spacial score (nSPS) is 26.4. The summed E-state index contributed by atoms with van der Waals surface area (Å²) in [6.45, 7) is 6.39. The summed E-state index contributed by atoms with van der Waals surface area (Å²) in [5.41, 5.74) is 5.94. The lowest BCUT2D eigenvalue weighted by molar-refractivity contribution is 0.125. The van der Waals surface area contributed by atoms with Crippen molar-refractivity contribution >= 4 is 0 Å². The Kier molecular flexibility index (Phi) is 5.45. The van der Waals surface area contributed by atoms with Crippen molar-refractivity contribution in [3.63, 3.8) is 0 Å². The average molecular weight is 200 g/mol. The van der Waals surface area contributed by atoms with Crippen molar-refractivity contribution in [3.05, 3.63) is 0 Å². The summed E-state index contributed by atoms with van der Waals surface area (Å²) in [4.78, 5) is 2.49. The third kappa shape index (κ3) is 3.95. The molecule has 3 nitrogen and oxygen atoms in total. The second-order valence-electron chi connectivity index (χ2n) is 4.39. The highest BCUT2D eigenvalue weighted by atomic mass is 16.5. The van der Waals surface area contributed by atoms with Crippen molar-refractivity contribution in [1.29, 1.82) is 0 Å². The molecule has 0 aromatic rings. The molecule has 0 spiro atoms. The number of methoxy groups -OCH3 is 1. The van der Waals surface area contributed by atoms with Crippen LogP contribution in [0.4, 0.5) is 0 Å². The monoisotopic (exact) mass is 200 g/mol. The van der Waals surface area contributed by atoms with Crippen LogP contribution >= 0.6 is 0 Å². The molecule has 0 bridgehead atoms. The smallest absolute Gasteiger partial charge is 0.0626 e. The summed E-state index contributed by atoms with van der Waals surface area (Å²) in [6.07, 6.45) is 4.03. The number of piperidine rings is 1. The Morgan fingerprint density at radius 3 is 3.00 bits per heavy atom. The van der Waals surface area contributed by atoms with Gasteiger partial charge in [0.25, 0.3) is 0 Å². The topological polar surface area (TPSA) is 38.5 Å². The molecule has 0 saturated carbocycles. The zero-order chi connectivity index (χ0) is 10.4. The Morgan fingerprint density at radius 2 is 2.36 bits per heavy atom. The predicted molar refractivity (Wildman–Crippen MR) is 59.3 cm³/mol. The van der Waals surface area contributed by atoms with E-state index in [4.69, 9.17) is 10.5 Å². The lowest BCUT2D eigenvalue weighted by atomic mass is 9.95. The van der Waals surface area contributed by atoms with Crippen molar-refractivity contribution in [2.75, 3.05) is 33.4 Å². The first-order valence-corrected chi connectivity index (χ1v) is 5.73. The Labute approximate surface area is 87.6 Å². The standard InChI is InChI=1S/C11H24N2O/c1-3-10-5-4-6-13(7-10)8-11(12)9-14-2/h10-11H,3-9,12H2,1-2H3. The maximum absolute atomic E-state index is 5.94. The van der Waals surface area contributed by atoms with Crippen LogP contribution in [-0.4, -0.2) is 44.3 Å². The highest BCUT2D eigenvalue weighted by Crippen LogP contribution is 2.18. The molecule has 3 heteroatoms. The van der Waals surface area contributed by atoms with Gasteiger partial charge in [0.05, 0.1) is 6.61 Å². The van der Waals surface area contributed by atoms with Gasteiger partial charge in [-0.15, -0.1) is 0 Å². The number of hydrogen-bond acceptors (Lipinski definition) is 3. The van der Waals surface area contributed by atoms with E-state index in [1.807, 2.05) is 0 Å². The second-order valence-corrected chi connectivity index (χ2v) is 4.39. The number of nitrogens with zero attached hydrogens (tertiary/aromatic N) is 1. The molecule has 1 aliphatic heterocycles. The van der Waals surface area contributed by atoms with Gasteiger partial charge >= 0.3 is 0 Å². The van der Waals surface area contributed by atoms with Gasteiger partial charge in [-0.2, -0.15) is 0 Å². The summed E-state index contributed by atoms with van der Waals surface area (Å²) in [5, 5.41) is 0. The van der Waals surface area contributed by atoms with E-state index in [2.05, 4.69) is 11.8 Å². The first kappa shape index (κ1) is 12.0. The quantitative estimate of drug-likeness (QED) is 0.722. The first-order chi connectivity index (χ1) is 6.76. The van der Waals surface area contributed by atoms with Crippen LogP contribution in [0.2, 0.25) is 0 Å². The predicted octanol–water partition coefficient (Wildman–Crippen LogP) is 1.08. The second kappa shape index (κ2) is 6.38. The molecule has 84 valence electrons. The van der Waals surface area contributed by atoms with E-state index in [0.717, 1.165) is 12.5 Å². The molecule has 1 rings (SSSR count). The molecule has 2 N–H and O–H groups in total. The van der Waals surface area contributed by atoms with Gasteiger partial charge < -0.3 is 15.4 Å². The molecule has 0 radical (unpaired) electrons. The molecular weight excluding hydrogens is 176 g/mol. The highest BCUT2D eigenvalue weighted by molar-refractivity contribution is 4.75. The Morgan fingerprint density at radius 1 is 1.57 bits per heavy atom. The summed E-state index contributed by atoms with van der Waals surface area (Å²) in [7, 11) is 1.71. The Bertz CT molecular complexity index is 152. The lowest BCUT2D eigenvalue weighted by Gasteiger charge is -2.33. The largest absolute Gasteiger partial charge is 0.383 e. The zero-order valence-corrected chi connectivity index (χ0v) is 9.54. The van der Waals surface area contributed by atoms with Gasteiger partial charge in [0.2, 0.25) is 0 Å². The fourth-order valence-corrected chi connectivity index (χ4v) is 2.25. The number of nitrogens with two attached hydrogens (primary N) is 1. The maximum atomic E-state index is 5.94. The van der Waals surface area contributed by atoms with Crippen molar-refractivity contribution in [2.24, 2.45) is 11.7 Å². The van der Waals surface area contributed by atoms with E-state index in [0.29, 0.717) is 6.61 Å². The zero-order valence-electron chi connectivity index (χ0n) is 9.54. The van der Waals surface area contributed by atoms with Crippen LogP contribution < -0.4 is 5.73 Å². The summed E-state index contributed by atoms with van der Waals surface area (Å²) < 4.78 is 5.05. The summed E-state index contributed by atoms with van der Waals surface area (Å²) >= 11 is 0. The van der Waals surface area contributed by atoms with Crippen LogP contribution in [0, 0.1) is 5.92 Å². The Hall–Kier alpha value is -0.120. The SMILES string of the molecule is CCC1CCCN(CC(N)COC)C1. The van der Waals surface area contributed by atoms with E-state index in [9.17, 15) is 0 Å². The summed E-state index contributed by atoms with van der Waals surface area (Å²) in [5.74, 6) is 0.887. The van der Waals surface area contributed by atoms with Crippen LogP contribution in [-0.2, 0) is 4.74 Å². The fourth-order valence-electron chi connectivity index (χ4n) is 2.25.